The molecule has 1 aromatic carbocycles. The van der Waals surface area contributed by atoms with Gasteiger partial charge in [0.15, 0.2) is 0 Å². The van der Waals surface area contributed by atoms with Gasteiger partial charge in [-0.05, 0) is 37.0 Å². The standard InChI is InChI=1S/C21H25N3O2/c1-16(25)22-15-18-9-5-10-19(23-18)20-11-6-14-24(20)21(26)13-12-17-7-3-2-4-8-17/h2-5,7-10,20H,6,11-15H2,1H3,(H,22,25). The summed E-state index contributed by atoms with van der Waals surface area (Å²) >= 11 is 0. The Morgan fingerprint density at radius 2 is 1.96 bits per heavy atom. The maximum atomic E-state index is 12.7. The van der Waals surface area contributed by atoms with Gasteiger partial charge in [0.1, 0.15) is 0 Å². The zero-order chi connectivity index (χ0) is 18.4. The van der Waals surface area contributed by atoms with Crippen LogP contribution in [0, 0.1) is 0 Å². The number of rotatable bonds is 6. The fraction of sp³-hybridized carbons (Fsp3) is 0.381. The van der Waals surface area contributed by atoms with Crippen molar-refractivity contribution in [1.82, 2.24) is 15.2 Å². The van der Waals surface area contributed by atoms with Crippen LogP contribution in [0.5, 0.6) is 0 Å². The van der Waals surface area contributed by atoms with E-state index < -0.39 is 0 Å². The quantitative estimate of drug-likeness (QED) is 0.870. The molecule has 1 aliphatic heterocycles. The molecule has 0 spiro atoms. The second-order valence-corrected chi connectivity index (χ2v) is 6.69. The summed E-state index contributed by atoms with van der Waals surface area (Å²) in [4.78, 5) is 30.5. The molecular weight excluding hydrogens is 326 g/mol. The fourth-order valence-corrected chi connectivity index (χ4v) is 3.41. The number of carbonyl (C=O) groups is 2. The van der Waals surface area contributed by atoms with Gasteiger partial charge in [-0.3, -0.25) is 14.6 Å². The first kappa shape index (κ1) is 18.1. The Balaban J connectivity index is 1.64. The number of hydrogen-bond acceptors (Lipinski definition) is 3. The molecule has 136 valence electrons. The highest BCUT2D eigenvalue weighted by Gasteiger charge is 2.30. The molecule has 1 N–H and O–H groups in total. The molecule has 0 saturated carbocycles. The normalized spacial score (nSPS) is 16.5. The summed E-state index contributed by atoms with van der Waals surface area (Å²) in [6.07, 6.45) is 3.22. The Kier molecular flexibility index (Phi) is 6.00. The van der Waals surface area contributed by atoms with Crippen molar-refractivity contribution in [2.75, 3.05) is 6.54 Å². The molecular formula is C21H25N3O2. The van der Waals surface area contributed by atoms with Crippen LogP contribution in [-0.4, -0.2) is 28.2 Å². The molecule has 1 fully saturated rings. The van der Waals surface area contributed by atoms with Crippen molar-refractivity contribution >= 4 is 11.8 Å². The Bertz CT molecular complexity index is 761. The minimum Gasteiger partial charge on any atom is -0.351 e. The molecule has 0 aliphatic carbocycles. The van der Waals surface area contributed by atoms with E-state index in [0.29, 0.717) is 13.0 Å². The van der Waals surface area contributed by atoms with Crippen molar-refractivity contribution in [3.8, 4) is 0 Å². The fourth-order valence-electron chi connectivity index (χ4n) is 3.41. The summed E-state index contributed by atoms with van der Waals surface area (Å²) in [5.41, 5.74) is 2.92. The summed E-state index contributed by atoms with van der Waals surface area (Å²) in [6.45, 7) is 2.70. The van der Waals surface area contributed by atoms with Gasteiger partial charge in [0.25, 0.3) is 0 Å². The van der Waals surface area contributed by atoms with Gasteiger partial charge in [-0.25, -0.2) is 0 Å². The minimum atomic E-state index is -0.0733. The summed E-state index contributed by atoms with van der Waals surface area (Å²) in [5.74, 6) is 0.112. The van der Waals surface area contributed by atoms with Crippen LogP contribution >= 0.6 is 0 Å². The first-order chi connectivity index (χ1) is 12.6. The molecule has 2 heterocycles. The number of aromatic nitrogens is 1. The second kappa shape index (κ2) is 8.61. The van der Waals surface area contributed by atoms with Crippen LogP contribution in [0.4, 0.5) is 0 Å². The van der Waals surface area contributed by atoms with Crippen molar-refractivity contribution < 1.29 is 9.59 Å². The van der Waals surface area contributed by atoms with Crippen LogP contribution in [0.15, 0.2) is 48.5 Å². The summed E-state index contributed by atoms with van der Waals surface area (Å²) in [7, 11) is 0. The Labute approximate surface area is 154 Å². The molecule has 5 nitrogen and oxygen atoms in total. The number of pyridine rings is 1. The van der Waals surface area contributed by atoms with E-state index in [1.165, 1.54) is 12.5 Å². The van der Waals surface area contributed by atoms with E-state index in [1.807, 2.05) is 41.3 Å². The number of carbonyl (C=O) groups excluding carboxylic acids is 2. The lowest BCUT2D eigenvalue weighted by molar-refractivity contribution is -0.132. The minimum absolute atomic E-state index is 0.0375. The number of aryl methyl sites for hydroxylation is 1. The molecule has 1 unspecified atom stereocenters. The van der Waals surface area contributed by atoms with E-state index in [-0.39, 0.29) is 17.9 Å². The third-order valence-electron chi connectivity index (χ3n) is 4.73. The smallest absolute Gasteiger partial charge is 0.223 e. The summed E-state index contributed by atoms with van der Waals surface area (Å²) in [5, 5.41) is 2.77. The van der Waals surface area contributed by atoms with Crippen LogP contribution in [-0.2, 0) is 22.6 Å². The van der Waals surface area contributed by atoms with Crippen LogP contribution in [0.2, 0.25) is 0 Å². The number of nitrogens with zero attached hydrogens (tertiary/aromatic N) is 2. The lowest BCUT2D eigenvalue weighted by Crippen LogP contribution is -2.31. The Hall–Kier alpha value is -2.69. The zero-order valence-electron chi connectivity index (χ0n) is 15.1. The molecule has 0 radical (unpaired) electrons. The summed E-state index contributed by atoms with van der Waals surface area (Å²) in [6, 6.07) is 16.0. The predicted molar refractivity (Wildman–Crippen MR) is 100 cm³/mol. The van der Waals surface area contributed by atoms with Gasteiger partial charge in [0.2, 0.25) is 11.8 Å². The van der Waals surface area contributed by atoms with Crippen LogP contribution in [0.25, 0.3) is 0 Å². The molecule has 1 aromatic heterocycles. The van der Waals surface area contributed by atoms with Crippen molar-refractivity contribution in [3.63, 3.8) is 0 Å². The lowest BCUT2D eigenvalue weighted by atomic mass is 10.1. The number of nitrogens with one attached hydrogen (secondary N) is 1. The Morgan fingerprint density at radius 1 is 1.15 bits per heavy atom. The van der Waals surface area contributed by atoms with Gasteiger partial charge < -0.3 is 10.2 Å². The van der Waals surface area contributed by atoms with Crippen molar-refractivity contribution in [3.05, 3.63) is 65.5 Å². The van der Waals surface area contributed by atoms with Gasteiger partial charge in [0.05, 0.1) is 24.0 Å². The van der Waals surface area contributed by atoms with Crippen LogP contribution < -0.4 is 5.32 Å². The average Bonchev–Trinajstić information content (AvgIpc) is 3.15. The van der Waals surface area contributed by atoms with E-state index >= 15 is 0 Å². The Morgan fingerprint density at radius 3 is 2.73 bits per heavy atom. The highest BCUT2D eigenvalue weighted by atomic mass is 16.2. The third kappa shape index (κ3) is 4.69. The first-order valence-electron chi connectivity index (χ1n) is 9.17. The first-order valence-corrected chi connectivity index (χ1v) is 9.17. The number of hydrogen-bond donors (Lipinski definition) is 1. The van der Waals surface area contributed by atoms with E-state index in [0.717, 1.165) is 37.2 Å². The molecule has 26 heavy (non-hydrogen) atoms. The molecule has 2 amide bonds. The van der Waals surface area contributed by atoms with Gasteiger partial charge in [-0.1, -0.05) is 36.4 Å². The van der Waals surface area contributed by atoms with Gasteiger partial charge >= 0.3 is 0 Å². The lowest BCUT2D eigenvalue weighted by Gasteiger charge is -2.25. The van der Waals surface area contributed by atoms with Crippen molar-refractivity contribution in [2.45, 2.75) is 45.2 Å². The monoisotopic (exact) mass is 351 g/mol. The highest BCUT2D eigenvalue weighted by molar-refractivity contribution is 5.77. The molecule has 5 heteroatoms. The maximum absolute atomic E-state index is 12.7. The average molecular weight is 351 g/mol. The molecule has 2 aromatic rings. The van der Waals surface area contributed by atoms with E-state index in [4.69, 9.17) is 0 Å². The second-order valence-electron chi connectivity index (χ2n) is 6.69. The van der Waals surface area contributed by atoms with Crippen molar-refractivity contribution in [2.24, 2.45) is 0 Å². The molecule has 0 bridgehead atoms. The van der Waals surface area contributed by atoms with Gasteiger partial charge in [-0.15, -0.1) is 0 Å². The molecule has 3 rings (SSSR count). The number of amides is 2. The SMILES string of the molecule is CC(=O)NCc1cccc(C2CCCN2C(=O)CCc2ccccc2)n1. The topological polar surface area (TPSA) is 62.3 Å². The largest absolute Gasteiger partial charge is 0.351 e. The van der Waals surface area contributed by atoms with E-state index in [1.54, 1.807) is 0 Å². The summed E-state index contributed by atoms with van der Waals surface area (Å²) < 4.78 is 0. The van der Waals surface area contributed by atoms with Crippen LogP contribution in [0.1, 0.15) is 49.2 Å². The molecule has 1 aliphatic rings. The predicted octanol–water partition coefficient (Wildman–Crippen LogP) is 3.01. The van der Waals surface area contributed by atoms with Crippen LogP contribution in [0.3, 0.4) is 0 Å². The van der Waals surface area contributed by atoms with Crippen molar-refractivity contribution in [1.29, 1.82) is 0 Å². The highest BCUT2D eigenvalue weighted by Crippen LogP contribution is 2.31. The third-order valence-corrected chi connectivity index (χ3v) is 4.73. The zero-order valence-corrected chi connectivity index (χ0v) is 15.1. The molecule has 1 saturated heterocycles. The van der Waals surface area contributed by atoms with Gasteiger partial charge in [0, 0.05) is 19.9 Å². The van der Waals surface area contributed by atoms with E-state index in [2.05, 4.69) is 22.4 Å². The molecule has 1 atom stereocenters. The van der Waals surface area contributed by atoms with E-state index in [9.17, 15) is 9.59 Å². The maximum Gasteiger partial charge on any atom is 0.223 e. The van der Waals surface area contributed by atoms with Gasteiger partial charge in [-0.2, -0.15) is 0 Å². The number of likely N-dealkylation sites (tertiary alicyclic amines) is 1. The number of benzene rings is 1.